The SMILES string of the molecule is CC(OP1(=O)OC[C@H]2O[C@@H](n3cnc4c(N)ncnc43)[C@@H](O)[C@H]2O1)c1ccccc1[N+](=O)[O-]. The number of hydrogen-bond acceptors (Lipinski definition) is 12. The van der Waals surface area contributed by atoms with Crippen LogP contribution in [0.15, 0.2) is 36.9 Å². The number of nitro groups is 1. The molecule has 14 nitrogen and oxygen atoms in total. The first-order valence-corrected chi connectivity index (χ1v) is 11.3. The van der Waals surface area contributed by atoms with Gasteiger partial charge < -0.3 is 15.6 Å². The van der Waals surface area contributed by atoms with E-state index in [0.29, 0.717) is 11.2 Å². The van der Waals surface area contributed by atoms with Gasteiger partial charge in [-0.2, -0.15) is 0 Å². The van der Waals surface area contributed by atoms with Gasteiger partial charge >= 0.3 is 7.82 Å². The number of aliphatic hydroxyl groups is 1. The van der Waals surface area contributed by atoms with Crippen LogP contribution in [0, 0.1) is 10.1 Å². The molecule has 5 rings (SSSR count). The number of phosphoric acid groups is 1. The number of imidazole rings is 1. The van der Waals surface area contributed by atoms with Gasteiger partial charge in [-0.1, -0.05) is 12.1 Å². The van der Waals surface area contributed by atoms with E-state index in [-0.39, 0.29) is 23.7 Å². The summed E-state index contributed by atoms with van der Waals surface area (Å²) in [6.45, 7) is 1.30. The zero-order chi connectivity index (χ0) is 23.3. The highest BCUT2D eigenvalue weighted by Gasteiger charge is 2.54. The number of anilines is 1. The average Bonchev–Trinajstić information content (AvgIpc) is 3.35. The number of fused-ring (bicyclic) bond motifs is 2. The van der Waals surface area contributed by atoms with Crippen LogP contribution in [0.3, 0.4) is 0 Å². The smallest absolute Gasteiger partial charge is 0.386 e. The topological polar surface area (TPSA) is 187 Å². The van der Waals surface area contributed by atoms with Crippen molar-refractivity contribution in [2.75, 3.05) is 12.3 Å². The molecule has 0 aliphatic carbocycles. The van der Waals surface area contributed by atoms with Gasteiger partial charge in [-0.05, 0) is 13.0 Å². The first-order valence-electron chi connectivity index (χ1n) is 9.88. The zero-order valence-corrected chi connectivity index (χ0v) is 18.0. The molecule has 2 fully saturated rings. The molecule has 6 atom stereocenters. The van der Waals surface area contributed by atoms with E-state index in [1.54, 1.807) is 6.07 Å². The molecule has 0 radical (unpaired) electrons. The van der Waals surface area contributed by atoms with Crippen molar-refractivity contribution in [2.45, 2.75) is 37.6 Å². The van der Waals surface area contributed by atoms with Crippen LogP contribution in [-0.2, 0) is 22.9 Å². The molecular weight excluding hydrogens is 459 g/mol. The molecule has 174 valence electrons. The molecule has 2 saturated heterocycles. The molecule has 2 unspecified atom stereocenters. The molecule has 2 aromatic heterocycles. The quantitative estimate of drug-likeness (QED) is 0.308. The Labute approximate surface area is 186 Å². The Morgan fingerprint density at radius 2 is 2.15 bits per heavy atom. The minimum Gasteiger partial charge on any atom is -0.386 e. The van der Waals surface area contributed by atoms with Crippen LogP contribution in [0.1, 0.15) is 24.8 Å². The number of nitrogen functional groups attached to an aromatic ring is 1. The maximum atomic E-state index is 13.2. The van der Waals surface area contributed by atoms with E-state index in [2.05, 4.69) is 15.0 Å². The Morgan fingerprint density at radius 3 is 2.94 bits per heavy atom. The van der Waals surface area contributed by atoms with Gasteiger partial charge in [-0.25, -0.2) is 19.5 Å². The summed E-state index contributed by atoms with van der Waals surface area (Å²) in [7, 11) is -4.18. The lowest BCUT2D eigenvalue weighted by molar-refractivity contribution is -0.386. The summed E-state index contributed by atoms with van der Waals surface area (Å²) in [6.07, 6.45) is -2.38. The second kappa shape index (κ2) is 8.09. The largest absolute Gasteiger partial charge is 0.475 e. The minimum atomic E-state index is -4.18. The third-order valence-corrected chi connectivity index (χ3v) is 7.02. The van der Waals surface area contributed by atoms with Gasteiger partial charge in [0, 0.05) is 6.07 Å². The summed E-state index contributed by atoms with van der Waals surface area (Å²) in [6, 6.07) is 5.92. The Balaban J connectivity index is 1.36. The van der Waals surface area contributed by atoms with Crippen molar-refractivity contribution < 1.29 is 32.9 Å². The van der Waals surface area contributed by atoms with Crippen molar-refractivity contribution in [3.05, 3.63) is 52.6 Å². The maximum absolute atomic E-state index is 13.2. The fourth-order valence-electron chi connectivity index (χ4n) is 3.92. The van der Waals surface area contributed by atoms with Crippen molar-refractivity contribution in [1.29, 1.82) is 0 Å². The number of aliphatic hydroxyl groups excluding tert-OH is 1. The normalized spacial score (nSPS) is 30.2. The Morgan fingerprint density at radius 1 is 1.36 bits per heavy atom. The molecule has 4 heterocycles. The molecule has 33 heavy (non-hydrogen) atoms. The predicted octanol–water partition coefficient (Wildman–Crippen LogP) is 1.88. The van der Waals surface area contributed by atoms with E-state index in [1.807, 2.05) is 0 Å². The number of para-hydroxylation sites is 1. The zero-order valence-electron chi connectivity index (χ0n) is 17.1. The van der Waals surface area contributed by atoms with Crippen LogP contribution in [-0.4, -0.2) is 54.5 Å². The van der Waals surface area contributed by atoms with Gasteiger partial charge in [0.2, 0.25) is 0 Å². The lowest BCUT2D eigenvalue weighted by atomic mass is 10.1. The van der Waals surface area contributed by atoms with Gasteiger partial charge in [0.05, 0.1) is 29.5 Å². The van der Waals surface area contributed by atoms with Crippen molar-refractivity contribution in [3.63, 3.8) is 0 Å². The summed E-state index contributed by atoms with van der Waals surface area (Å²) in [4.78, 5) is 22.9. The molecule has 2 aliphatic heterocycles. The van der Waals surface area contributed by atoms with Crippen LogP contribution < -0.4 is 5.73 Å². The van der Waals surface area contributed by atoms with E-state index in [1.165, 1.54) is 42.3 Å². The molecule has 0 bridgehead atoms. The van der Waals surface area contributed by atoms with Crippen LogP contribution in [0.25, 0.3) is 11.2 Å². The molecule has 2 aliphatic rings. The van der Waals surface area contributed by atoms with Gasteiger partial charge in [0.1, 0.15) is 30.2 Å². The molecule has 0 saturated carbocycles. The van der Waals surface area contributed by atoms with Gasteiger partial charge in [-0.15, -0.1) is 0 Å². The molecule has 1 aromatic carbocycles. The summed E-state index contributed by atoms with van der Waals surface area (Å²) in [5.74, 6) is 0.171. The number of rotatable bonds is 5. The highest BCUT2D eigenvalue weighted by atomic mass is 31.2. The highest BCUT2D eigenvalue weighted by molar-refractivity contribution is 7.48. The summed E-state index contributed by atoms with van der Waals surface area (Å²) in [5, 5.41) is 22.2. The second-order valence-corrected chi connectivity index (χ2v) is 9.09. The summed E-state index contributed by atoms with van der Waals surface area (Å²) < 4.78 is 36.9. The first-order chi connectivity index (χ1) is 15.8. The fourth-order valence-corrected chi connectivity index (χ4v) is 5.48. The molecule has 3 aromatic rings. The lowest BCUT2D eigenvalue weighted by Gasteiger charge is -2.32. The molecule has 15 heteroatoms. The number of nitrogens with two attached hydrogens (primary N) is 1. The maximum Gasteiger partial charge on any atom is 0.475 e. The van der Waals surface area contributed by atoms with E-state index >= 15 is 0 Å². The highest BCUT2D eigenvalue weighted by Crippen LogP contribution is 2.59. The van der Waals surface area contributed by atoms with Crippen LogP contribution in [0.5, 0.6) is 0 Å². The van der Waals surface area contributed by atoms with Crippen molar-refractivity contribution in [1.82, 2.24) is 19.5 Å². The number of hydrogen-bond donors (Lipinski definition) is 2. The first kappa shape index (κ1) is 21.8. The number of nitrogens with zero attached hydrogens (tertiary/aromatic N) is 5. The van der Waals surface area contributed by atoms with Gasteiger partial charge in [-0.3, -0.25) is 28.3 Å². The number of benzene rings is 1. The molecule has 0 spiro atoms. The Kier molecular flexibility index (Phi) is 5.35. The van der Waals surface area contributed by atoms with Gasteiger partial charge in [0.25, 0.3) is 5.69 Å². The van der Waals surface area contributed by atoms with Gasteiger partial charge in [0.15, 0.2) is 17.7 Å². The molecule has 0 amide bonds. The van der Waals surface area contributed by atoms with Crippen molar-refractivity contribution in [3.8, 4) is 0 Å². The third-order valence-electron chi connectivity index (χ3n) is 5.48. The second-order valence-electron chi connectivity index (χ2n) is 7.52. The molecule has 3 N–H and O–H groups in total. The summed E-state index contributed by atoms with van der Waals surface area (Å²) in [5.41, 5.74) is 6.51. The Bertz CT molecular complexity index is 1270. The minimum absolute atomic E-state index is 0.171. The van der Waals surface area contributed by atoms with Crippen molar-refractivity contribution in [2.24, 2.45) is 0 Å². The van der Waals surface area contributed by atoms with Crippen LogP contribution in [0.2, 0.25) is 0 Å². The van der Waals surface area contributed by atoms with E-state index in [9.17, 15) is 19.8 Å². The molecular formula is C18H19N6O8P. The number of nitro benzene ring substituents is 1. The predicted molar refractivity (Wildman–Crippen MR) is 111 cm³/mol. The average molecular weight is 478 g/mol. The van der Waals surface area contributed by atoms with Crippen LogP contribution in [0.4, 0.5) is 11.5 Å². The number of phosphoric ester groups is 1. The summed E-state index contributed by atoms with van der Waals surface area (Å²) >= 11 is 0. The monoisotopic (exact) mass is 478 g/mol. The standard InChI is InChI=1S/C18H19N6O8P/c1-9(10-4-2-3-5-11(10)24(26)27)31-33(28)29-6-12-15(32-33)14(25)18(30-12)23-8-22-13-16(19)20-7-21-17(13)23/h2-5,7-9,12,14-15,18,25H,6H2,1H3,(H2,19,20,21)/t9?,12-,14+,15+,18-,33?/m1/s1. The van der Waals surface area contributed by atoms with Crippen LogP contribution >= 0.6 is 7.82 Å². The van der Waals surface area contributed by atoms with E-state index < -0.39 is 43.4 Å². The Hall–Kier alpha value is -3.00. The lowest BCUT2D eigenvalue weighted by Crippen LogP contribution is -2.39. The van der Waals surface area contributed by atoms with Crippen molar-refractivity contribution >= 4 is 30.5 Å². The number of ether oxygens (including phenoxy) is 1. The third kappa shape index (κ3) is 3.76. The van der Waals surface area contributed by atoms with E-state index in [0.717, 1.165) is 0 Å². The van der Waals surface area contributed by atoms with E-state index in [4.69, 9.17) is 24.0 Å². The number of aromatic nitrogens is 4. The fraction of sp³-hybridized carbons (Fsp3) is 0.389.